The average molecular weight is 319 g/mol. The zero-order valence-electron chi connectivity index (χ0n) is 13.8. The number of hydrogen-bond acceptors (Lipinski definition) is 3. The second-order valence-corrected chi connectivity index (χ2v) is 6.21. The van der Waals surface area contributed by atoms with E-state index in [1.54, 1.807) is 6.07 Å². The fraction of sp³-hybridized carbons (Fsp3) is 0.556. The summed E-state index contributed by atoms with van der Waals surface area (Å²) in [6.07, 6.45) is 4.25. The first-order valence-corrected chi connectivity index (χ1v) is 8.18. The summed E-state index contributed by atoms with van der Waals surface area (Å²) in [6, 6.07) is 4.45. The minimum Gasteiger partial charge on any atom is -0.479 e. The van der Waals surface area contributed by atoms with E-state index in [2.05, 4.69) is 5.32 Å². The summed E-state index contributed by atoms with van der Waals surface area (Å²) >= 11 is 0. The lowest BCUT2D eigenvalue weighted by atomic mass is 10.0. The van der Waals surface area contributed by atoms with Gasteiger partial charge in [-0.05, 0) is 56.2 Å². The van der Waals surface area contributed by atoms with Crippen molar-refractivity contribution in [2.24, 2.45) is 0 Å². The molecule has 2 unspecified atom stereocenters. The van der Waals surface area contributed by atoms with Gasteiger partial charge in [-0.1, -0.05) is 18.2 Å². The van der Waals surface area contributed by atoms with Gasteiger partial charge in [0.05, 0.1) is 6.10 Å². The second kappa shape index (κ2) is 8.11. The van der Waals surface area contributed by atoms with Crippen molar-refractivity contribution < 1.29 is 19.4 Å². The quantitative estimate of drug-likeness (QED) is 0.845. The molecule has 0 saturated carbocycles. The van der Waals surface area contributed by atoms with Crippen molar-refractivity contribution >= 4 is 11.9 Å². The van der Waals surface area contributed by atoms with E-state index in [1.165, 1.54) is 0 Å². The number of carbonyl (C=O) groups excluding carboxylic acids is 1. The maximum absolute atomic E-state index is 12.1. The smallest absolute Gasteiger partial charge is 0.330 e. The van der Waals surface area contributed by atoms with Crippen molar-refractivity contribution in [1.82, 2.24) is 5.32 Å². The molecule has 2 atom stereocenters. The number of aliphatic carboxylic acids is 1. The first-order chi connectivity index (χ1) is 11.0. The van der Waals surface area contributed by atoms with Gasteiger partial charge in [-0.25, -0.2) is 4.79 Å². The maximum Gasteiger partial charge on any atom is 0.330 e. The first-order valence-electron chi connectivity index (χ1n) is 8.18. The Balaban J connectivity index is 1.94. The number of rotatable bonds is 6. The molecule has 126 valence electrons. The Morgan fingerprint density at radius 3 is 2.70 bits per heavy atom. The molecule has 1 saturated heterocycles. The standard InChI is InChI=1S/C18H25NO4/c1-12-6-7-14(11-13(12)2)17(18(21)22)19-16(20)9-8-15-5-3-4-10-23-15/h6-7,11,15,17H,3-5,8-10H2,1-2H3,(H,19,20)(H,21,22). The number of hydrogen-bond donors (Lipinski definition) is 2. The molecule has 0 aliphatic carbocycles. The van der Waals surface area contributed by atoms with E-state index in [1.807, 2.05) is 26.0 Å². The number of ether oxygens (including phenoxy) is 1. The van der Waals surface area contributed by atoms with Crippen LogP contribution in [0.3, 0.4) is 0 Å². The number of carboxylic acid groups (broad SMARTS) is 1. The third-order valence-electron chi connectivity index (χ3n) is 4.38. The Bertz CT molecular complexity index is 564. The second-order valence-electron chi connectivity index (χ2n) is 6.21. The van der Waals surface area contributed by atoms with Gasteiger partial charge in [0.2, 0.25) is 5.91 Å². The van der Waals surface area contributed by atoms with Gasteiger partial charge in [0.1, 0.15) is 0 Å². The number of carboxylic acids is 1. The van der Waals surface area contributed by atoms with Crippen LogP contribution in [0.25, 0.3) is 0 Å². The fourth-order valence-corrected chi connectivity index (χ4v) is 2.79. The lowest BCUT2D eigenvalue weighted by Crippen LogP contribution is -2.34. The third kappa shape index (κ3) is 5.06. The van der Waals surface area contributed by atoms with Crippen molar-refractivity contribution in [3.05, 3.63) is 34.9 Å². The first kappa shape index (κ1) is 17.5. The molecule has 0 bridgehead atoms. The fourth-order valence-electron chi connectivity index (χ4n) is 2.79. The van der Waals surface area contributed by atoms with Gasteiger partial charge in [0.15, 0.2) is 6.04 Å². The highest BCUT2D eigenvalue weighted by atomic mass is 16.5. The summed E-state index contributed by atoms with van der Waals surface area (Å²) in [6.45, 7) is 4.66. The van der Waals surface area contributed by atoms with Crippen LogP contribution >= 0.6 is 0 Å². The van der Waals surface area contributed by atoms with Crippen molar-refractivity contribution in [3.63, 3.8) is 0 Å². The molecule has 1 aromatic rings. The van der Waals surface area contributed by atoms with Gasteiger partial charge in [-0.3, -0.25) is 4.79 Å². The summed E-state index contributed by atoms with van der Waals surface area (Å²) < 4.78 is 5.60. The van der Waals surface area contributed by atoms with Crippen molar-refractivity contribution in [2.75, 3.05) is 6.61 Å². The van der Waals surface area contributed by atoms with Crippen LogP contribution in [0.5, 0.6) is 0 Å². The topological polar surface area (TPSA) is 75.6 Å². The maximum atomic E-state index is 12.1. The highest BCUT2D eigenvalue weighted by Gasteiger charge is 2.23. The summed E-state index contributed by atoms with van der Waals surface area (Å²) in [7, 11) is 0. The van der Waals surface area contributed by atoms with Gasteiger partial charge in [0.25, 0.3) is 0 Å². The largest absolute Gasteiger partial charge is 0.479 e. The van der Waals surface area contributed by atoms with Crippen LogP contribution in [-0.4, -0.2) is 29.7 Å². The minimum atomic E-state index is -1.05. The highest BCUT2D eigenvalue weighted by molar-refractivity contribution is 5.84. The zero-order valence-corrected chi connectivity index (χ0v) is 13.8. The molecule has 1 aliphatic heterocycles. The van der Waals surface area contributed by atoms with Crippen LogP contribution in [0, 0.1) is 13.8 Å². The number of aryl methyl sites for hydroxylation is 2. The predicted octanol–water partition coefficient (Wildman–Crippen LogP) is 2.89. The monoisotopic (exact) mass is 319 g/mol. The average Bonchev–Trinajstić information content (AvgIpc) is 2.54. The number of nitrogens with one attached hydrogen (secondary N) is 1. The van der Waals surface area contributed by atoms with E-state index >= 15 is 0 Å². The number of amides is 1. The molecular formula is C18H25NO4. The Morgan fingerprint density at radius 2 is 2.09 bits per heavy atom. The number of benzene rings is 1. The predicted molar refractivity (Wildman–Crippen MR) is 87.3 cm³/mol. The van der Waals surface area contributed by atoms with E-state index in [9.17, 15) is 14.7 Å². The normalized spacial score (nSPS) is 19.1. The van der Waals surface area contributed by atoms with Gasteiger partial charge < -0.3 is 15.2 Å². The van der Waals surface area contributed by atoms with Crippen LogP contribution in [0.15, 0.2) is 18.2 Å². The molecule has 2 N–H and O–H groups in total. The number of carbonyl (C=O) groups is 2. The van der Waals surface area contributed by atoms with E-state index in [4.69, 9.17) is 4.74 Å². The Hall–Kier alpha value is -1.88. The van der Waals surface area contributed by atoms with Crippen molar-refractivity contribution in [2.45, 2.75) is 58.1 Å². The van der Waals surface area contributed by atoms with E-state index < -0.39 is 12.0 Å². The molecular weight excluding hydrogens is 294 g/mol. The molecule has 5 nitrogen and oxygen atoms in total. The minimum absolute atomic E-state index is 0.124. The summed E-state index contributed by atoms with van der Waals surface area (Å²) in [5.74, 6) is -1.29. The van der Waals surface area contributed by atoms with E-state index in [-0.39, 0.29) is 12.0 Å². The van der Waals surface area contributed by atoms with Gasteiger partial charge in [-0.2, -0.15) is 0 Å². The van der Waals surface area contributed by atoms with Crippen LogP contribution < -0.4 is 5.32 Å². The van der Waals surface area contributed by atoms with Gasteiger partial charge in [0, 0.05) is 13.0 Å². The Kier molecular flexibility index (Phi) is 6.16. The molecule has 23 heavy (non-hydrogen) atoms. The molecule has 0 radical (unpaired) electrons. The molecule has 1 aromatic carbocycles. The molecule has 0 spiro atoms. The third-order valence-corrected chi connectivity index (χ3v) is 4.38. The van der Waals surface area contributed by atoms with Crippen LogP contribution in [0.1, 0.15) is 54.8 Å². The molecule has 2 rings (SSSR count). The lowest BCUT2D eigenvalue weighted by molar-refractivity contribution is -0.142. The van der Waals surface area contributed by atoms with Crippen LogP contribution in [-0.2, 0) is 14.3 Å². The summed E-state index contributed by atoms with van der Waals surface area (Å²) in [5, 5.41) is 12.0. The summed E-state index contributed by atoms with van der Waals surface area (Å²) in [4.78, 5) is 23.6. The SMILES string of the molecule is Cc1ccc(C(NC(=O)CCC2CCCCO2)C(=O)O)cc1C. The van der Waals surface area contributed by atoms with E-state index in [0.717, 1.165) is 37.0 Å². The van der Waals surface area contributed by atoms with Gasteiger partial charge in [-0.15, -0.1) is 0 Å². The Morgan fingerprint density at radius 1 is 1.30 bits per heavy atom. The van der Waals surface area contributed by atoms with Gasteiger partial charge >= 0.3 is 5.97 Å². The molecule has 1 aliphatic rings. The van der Waals surface area contributed by atoms with Crippen LogP contribution in [0.2, 0.25) is 0 Å². The van der Waals surface area contributed by atoms with E-state index in [0.29, 0.717) is 18.4 Å². The molecule has 1 heterocycles. The zero-order chi connectivity index (χ0) is 16.8. The molecule has 5 heteroatoms. The highest BCUT2D eigenvalue weighted by Crippen LogP contribution is 2.19. The molecule has 1 fully saturated rings. The van der Waals surface area contributed by atoms with Crippen molar-refractivity contribution in [1.29, 1.82) is 0 Å². The molecule has 0 aromatic heterocycles. The Labute approximate surface area is 137 Å². The lowest BCUT2D eigenvalue weighted by Gasteiger charge is -2.22. The van der Waals surface area contributed by atoms with Crippen molar-refractivity contribution in [3.8, 4) is 0 Å². The summed E-state index contributed by atoms with van der Waals surface area (Å²) in [5.41, 5.74) is 2.71. The molecule has 1 amide bonds. The van der Waals surface area contributed by atoms with Crippen LogP contribution in [0.4, 0.5) is 0 Å².